The van der Waals surface area contributed by atoms with Gasteiger partial charge in [0.25, 0.3) is 0 Å². The van der Waals surface area contributed by atoms with E-state index in [0.717, 1.165) is 0 Å². The summed E-state index contributed by atoms with van der Waals surface area (Å²) in [6.07, 6.45) is 2.22. The molecule has 0 aromatic rings. The van der Waals surface area contributed by atoms with Gasteiger partial charge >= 0.3 is 0 Å². The van der Waals surface area contributed by atoms with Gasteiger partial charge in [0.15, 0.2) is 0 Å². The first kappa shape index (κ1) is 4.47. The predicted molar refractivity (Wildman–Crippen MR) is 22.7 cm³/mol. The zero-order chi connectivity index (χ0) is 4.12. The minimum absolute atomic E-state index is 0.677. The zero-order valence-corrected chi connectivity index (χ0v) is 3.02. The molecule has 0 bridgehead atoms. The van der Waals surface area contributed by atoms with Gasteiger partial charge in [-0.1, -0.05) is 0 Å². The van der Waals surface area contributed by atoms with Crippen molar-refractivity contribution in [2.75, 3.05) is 0 Å². The fourth-order valence-electron chi connectivity index (χ4n) is 0.0745. The summed E-state index contributed by atoms with van der Waals surface area (Å²) in [5, 5.41) is 3.17. The molecule has 0 spiro atoms. The Morgan fingerprint density at radius 2 is 2.60 bits per heavy atom. The molecule has 0 aliphatic carbocycles. The van der Waals surface area contributed by atoms with Crippen LogP contribution in [0.15, 0.2) is 5.10 Å². The largest absolute Gasteiger partial charge is 0.324 e. The van der Waals surface area contributed by atoms with E-state index in [2.05, 4.69) is 17.9 Å². The Kier molecular flexibility index (Phi) is 3.10. The molecule has 0 aromatic carbocycles. The van der Waals surface area contributed by atoms with Crippen molar-refractivity contribution in [1.29, 1.82) is 0 Å². The number of nitrogens with two attached hydrogens (primary N) is 1. The lowest BCUT2D eigenvalue weighted by Crippen LogP contribution is -1.78. The molecule has 5 heavy (non-hydrogen) atoms. The van der Waals surface area contributed by atoms with E-state index in [1.165, 1.54) is 0 Å². The van der Waals surface area contributed by atoms with E-state index in [1.54, 1.807) is 6.21 Å². The number of rotatable bonds is 1. The summed E-state index contributed by atoms with van der Waals surface area (Å²) in [7, 11) is 0. The first-order chi connectivity index (χ1) is 2.41. The molecule has 0 heterocycles. The first-order valence-electron chi connectivity index (χ1n) is 1.42. The van der Waals surface area contributed by atoms with Crippen LogP contribution in [0.2, 0.25) is 0 Å². The van der Waals surface area contributed by atoms with Crippen LogP contribution in [-0.4, -0.2) is 6.21 Å². The van der Waals surface area contributed by atoms with Crippen molar-refractivity contribution in [2.24, 2.45) is 10.9 Å². The third-order valence-corrected chi connectivity index (χ3v) is 0.235. The Bertz CT molecular complexity index is 31.9. The fraction of sp³-hybridized carbons (Fsp3) is 0.333. The van der Waals surface area contributed by atoms with Crippen molar-refractivity contribution in [3.05, 3.63) is 6.92 Å². The normalized spacial score (nSPS) is 9.80. The number of hydrazone groups is 1. The lowest BCUT2D eigenvalue weighted by atomic mass is 10.6. The van der Waals surface area contributed by atoms with Crippen molar-refractivity contribution < 1.29 is 0 Å². The van der Waals surface area contributed by atoms with Crippen LogP contribution in [0.1, 0.15) is 6.42 Å². The molecule has 2 heteroatoms. The highest BCUT2D eigenvalue weighted by atomic mass is 15.1. The summed E-state index contributed by atoms with van der Waals surface area (Å²) in [6, 6.07) is 0. The van der Waals surface area contributed by atoms with Crippen molar-refractivity contribution in [1.82, 2.24) is 0 Å². The molecular weight excluding hydrogens is 64.0 g/mol. The van der Waals surface area contributed by atoms with Crippen LogP contribution in [0.4, 0.5) is 0 Å². The minimum Gasteiger partial charge on any atom is -0.324 e. The van der Waals surface area contributed by atoms with Crippen LogP contribution in [-0.2, 0) is 0 Å². The Balaban J connectivity index is 2.62. The minimum atomic E-state index is 0.677. The standard InChI is InChI=1S/C3H7N2/c1-2-3-5-4/h3H,1-2,4H2/b5-3+. The van der Waals surface area contributed by atoms with Crippen molar-refractivity contribution >= 4 is 6.21 Å². The average molecular weight is 71.1 g/mol. The highest BCUT2D eigenvalue weighted by Gasteiger charge is 1.54. The average Bonchev–Trinajstić information content (AvgIpc) is 1.41. The van der Waals surface area contributed by atoms with E-state index in [9.17, 15) is 0 Å². The monoisotopic (exact) mass is 71.1 g/mol. The maximum atomic E-state index is 4.67. The first-order valence-corrected chi connectivity index (χ1v) is 1.42. The molecule has 2 N–H and O–H groups in total. The van der Waals surface area contributed by atoms with Gasteiger partial charge < -0.3 is 5.84 Å². The smallest absolute Gasteiger partial charge is 0.0240 e. The van der Waals surface area contributed by atoms with E-state index in [4.69, 9.17) is 0 Å². The van der Waals surface area contributed by atoms with Gasteiger partial charge in [-0.05, 0) is 13.3 Å². The Morgan fingerprint density at radius 3 is 2.60 bits per heavy atom. The van der Waals surface area contributed by atoms with Crippen molar-refractivity contribution in [3.8, 4) is 0 Å². The van der Waals surface area contributed by atoms with Gasteiger partial charge in [0, 0.05) is 6.21 Å². The quantitative estimate of drug-likeness (QED) is 0.267. The molecule has 0 saturated carbocycles. The maximum Gasteiger partial charge on any atom is 0.0240 e. The van der Waals surface area contributed by atoms with Crippen LogP contribution in [0, 0.1) is 6.92 Å². The molecule has 0 aliphatic heterocycles. The van der Waals surface area contributed by atoms with E-state index in [0.29, 0.717) is 6.42 Å². The lowest BCUT2D eigenvalue weighted by molar-refractivity contribution is 1.24. The van der Waals surface area contributed by atoms with Crippen LogP contribution >= 0.6 is 0 Å². The molecule has 0 rings (SSSR count). The summed E-state index contributed by atoms with van der Waals surface area (Å²) in [5.41, 5.74) is 0. The summed E-state index contributed by atoms with van der Waals surface area (Å²) in [6.45, 7) is 3.45. The summed E-state index contributed by atoms with van der Waals surface area (Å²) in [4.78, 5) is 0. The molecule has 0 fully saturated rings. The molecule has 29 valence electrons. The van der Waals surface area contributed by atoms with Gasteiger partial charge in [0.05, 0.1) is 0 Å². The zero-order valence-electron chi connectivity index (χ0n) is 3.02. The SMILES string of the molecule is [CH2]C/C=N/N. The maximum absolute atomic E-state index is 4.67. The molecule has 0 saturated heterocycles. The molecule has 0 aromatic heterocycles. The van der Waals surface area contributed by atoms with Crippen LogP contribution < -0.4 is 5.84 Å². The molecule has 0 atom stereocenters. The Hall–Kier alpha value is -0.530. The second-order valence-electron chi connectivity index (χ2n) is 0.620. The fourth-order valence-corrected chi connectivity index (χ4v) is 0.0745. The van der Waals surface area contributed by atoms with Gasteiger partial charge in [0.2, 0.25) is 0 Å². The van der Waals surface area contributed by atoms with Crippen LogP contribution in [0.3, 0.4) is 0 Å². The van der Waals surface area contributed by atoms with Crippen LogP contribution in [0.5, 0.6) is 0 Å². The van der Waals surface area contributed by atoms with Crippen LogP contribution in [0.25, 0.3) is 0 Å². The molecule has 0 aliphatic rings. The summed E-state index contributed by atoms with van der Waals surface area (Å²) >= 11 is 0. The van der Waals surface area contributed by atoms with Gasteiger partial charge in [-0.15, -0.1) is 0 Å². The number of nitrogens with zero attached hydrogens (tertiary/aromatic N) is 1. The molecule has 2 nitrogen and oxygen atoms in total. The van der Waals surface area contributed by atoms with Crippen molar-refractivity contribution in [3.63, 3.8) is 0 Å². The van der Waals surface area contributed by atoms with E-state index in [1.807, 2.05) is 0 Å². The van der Waals surface area contributed by atoms with E-state index < -0.39 is 0 Å². The third kappa shape index (κ3) is 3.47. The highest BCUT2D eigenvalue weighted by molar-refractivity contribution is 5.56. The van der Waals surface area contributed by atoms with Gasteiger partial charge in [-0.25, -0.2) is 0 Å². The van der Waals surface area contributed by atoms with Crippen molar-refractivity contribution in [2.45, 2.75) is 6.42 Å². The van der Waals surface area contributed by atoms with Gasteiger partial charge in [-0.2, -0.15) is 5.10 Å². The third-order valence-electron chi connectivity index (χ3n) is 0.235. The van der Waals surface area contributed by atoms with E-state index in [-0.39, 0.29) is 0 Å². The highest BCUT2D eigenvalue weighted by Crippen LogP contribution is 1.57. The number of hydrogen-bond donors (Lipinski definition) is 1. The number of hydrogen-bond acceptors (Lipinski definition) is 2. The van der Waals surface area contributed by atoms with E-state index >= 15 is 0 Å². The second-order valence-corrected chi connectivity index (χ2v) is 0.620. The Morgan fingerprint density at radius 1 is 2.00 bits per heavy atom. The topological polar surface area (TPSA) is 38.4 Å². The Labute approximate surface area is 31.7 Å². The molecule has 1 radical (unpaired) electrons. The lowest BCUT2D eigenvalue weighted by Gasteiger charge is -1.66. The predicted octanol–water partition coefficient (Wildman–Crippen LogP) is 0.155. The second kappa shape index (κ2) is 3.47. The summed E-state index contributed by atoms with van der Waals surface area (Å²) < 4.78 is 0. The van der Waals surface area contributed by atoms with Gasteiger partial charge in [0.1, 0.15) is 0 Å². The molecule has 0 amide bonds. The molecule has 0 unspecified atom stereocenters. The summed E-state index contributed by atoms with van der Waals surface area (Å²) in [5.74, 6) is 4.67. The molecular formula is C3H7N2. The van der Waals surface area contributed by atoms with Gasteiger partial charge in [-0.3, -0.25) is 0 Å².